The van der Waals surface area contributed by atoms with Crippen LogP contribution in [0.15, 0.2) is 42.5 Å². The molecule has 5 nitrogen and oxygen atoms in total. The van der Waals surface area contributed by atoms with Gasteiger partial charge in [0.1, 0.15) is 5.75 Å². The van der Waals surface area contributed by atoms with Crippen molar-refractivity contribution >= 4 is 23.5 Å². The highest BCUT2D eigenvalue weighted by Crippen LogP contribution is 2.29. The smallest absolute Gasteiger partial charge is 0.308 e. The Hall–Kier alpha value is -2.53. The van der Waals surface area contributed by atoms with Crippen molar-refractivity contribution in [1.29, 1.82) is 0 Å². The SMILES string of the molecule is O=C(NCC(Cc1ccc(Cl)cc1)C(=O)O)c1cccc2c1OCC2. The van der Waals surface area contributed by atoms with Gasteiger partial charge in [-0.25, -0.2) is 0 Å². The first-order valence-corrected chi connectivity index (χ1v) is 8.42. The highest BCUT2D eigenvalue weighted by atomic mass is 35.5. The average Bonchev–Trinajstić information content (AvgIpc) is 3.08. The Morgan fingerprint density at radius 3 is 2.68 bits per heavy atom. The molecule has 0 radical (unpaired) electrons. The molecule has 0 saturated carbocycles. The van der Waals surface area contributed by atoms with E-state index < -0.39 is 11.9 Å². The van der Waals surface area contributed by atoms with Gasteiger partial charge in [-0.05, 0) is 35.7 Å². The topological polar surface area (TPSA) is 75.6 Å². The lowest BCUT2D eigenvalue weighted by atomic mass is 9.99. The van der Waals surface area contributed by atoms with E-state index in [-0.39, 0.29) is 12.5 Å². The van der Waals surface area contributed by atoms with Crippen molar-refractivity contribution in [2.75, 3.05) is 13.2 Å². The molecular weight excluding hydrogens is 342 g/mol. The summed E-state index contributed by atoms with van der Waals surface area (Å²) in [6.45, 7) is 0.606. The fourth-order valence-electron chi connectivity index (χ4n) is 2.86. The lowest BCUT2D eigenvalue weighted by molar-refractivity contribution is -0.141. The van der Waals surface area contributed by atoms with Crippen molar-refractivity contribution in [3.05, 3.63) is 64.2 Å². The molecule has 1 aliphatic rings. The molecule has 2 N–H and O–H groups in total. The van der Waals surface area contributed by atoms with E-state index in [4.69, 9.17) is 16.3 Å². The Morgan fingerprint density at radius 1 is 1.20 bits per heavy atom. The molecule has 0 fully saturated rings. The number of ether oxygens (including phenoxy) is 1. The maximum atomic E-state index is 12.4. The van der Waals surface area contributed by atoms with Gasteiger partial charge in [-0.1, -0.05) is 35.9 Å². The number of aliphatic carboxylic acids is 1. The summed E-state index contributed by atoms with van der Waals surface area (Å²) in [7, 11) is 0. The first-order chi connectivity index (χ1) is 12.0. The maximum absolute atomic E-state index is 12.4. The van der Waals surface area contributed by atoms with Crippen LogP contribution in [0.3, 0.4) is 0 Å². The third kappa shape index (κ3) is 4.12. The summed E-state index contributed by atoms with van der Waals surface area (Å²) in [6, 6.07) is 12.5. The summed E-state index contributed by atoms with van der Waals surface area (Å²) in [5, 5.41) is 12.7. The summed E-state index contributed by atoms with van der Waals surface area (Å²) in [5.74, 6) is -1.39. The van der Waals surface area contributed by atoms with E-state index in [1.807, 2.05) is 12.1 Å². The van der Waals surface area contributed by atoms with Gasteiger partial charge >= 0.3 is 5.97 Å². The van der Waals surface area contributed by atoms with Gasteiger partial charge in [-0.15, -0.1) is 0 Å². The van der Waals surface area contributed by atoms with Crippen molar-refractivity contribution in [2.24, 2.45) is 5.92 Å². The zero-order valence-electron chi connectivity index (χ0n) is 13.5. The Balaban J connectivity index is 1.65. The minimum Gasteiger partial charge on any atom is -0.492 e. The fourth-order valence-corrected chi connectivity index (χ4v) is 2.98. The van der Waals surface area contributed by atoms with Crippen molar-refractivity contribution < 1.29 is 19.4 Å². The van der Waals surface area contributed by atoms with Crippen LogP contribution in [0.2, 0.25) is 5.02 Å². The minimum absolute atomic E-state index is 0.0421. The predicted octanol–water partition coefficient (Wildman–Crippen LogP) is 2.95. The summed E-state index contributed by atoms with van der Waals surface area (Å²) in [6.07, 6.45) is 1.10. The standard InChI is InChI=1S/C19H18ClNO4/c20-15-6-4-12(5-7-15)10-14(19(23)24)11-21-18(22)16-3-1-2-13-8-9-25-17(13)16/h1-7,14H,8-11H2,(H,21,22)(H,23,24). The molecule has 25 heavy (non-hydrogen) atoms. The second-order valence-corrected chi connectivity index (χ2v) is 6.40. The molecule has 0 aromatic heterocycles. The van der Waals surface area contributed by atoms with Gasteiger partial charge in [0.2, 0.25) is 0 Å². The van der Waals surface area contributed by atoms with E-state index in [9.17, 15) is 14.7 Å². The van der Waals surface area contributed by atoms with Gasteiger partial charge in [0.25, 0.3) is 5.91 Å². The molecule has 6 heteroatoms. The number of benzene rings is 2. The number of carbonyl (C=O) groups excluding carboxylic acids is 1. The van der Waals surface area contributed by atoms with Gasteiger partial charge in [-0.2, -0.15) is 0 Å². The zero-order valence-corrected chi connectivity index (χ0v) is 14.3. The van der Waals surface area contributed by atoms with Crippen LogP contribution in [0.5, 0.6) is 5.75 Å². The molecular formula is C19H18ClNO4. The van der Waals surface area contributed by atoms with Crippen molar-refractivity contribution in [2.45, 2.75) is 12.8 Å². The van der Waals surface area contributed by atoms with Crippen LogP contribution in [0.4, 0.5) is 0 Å². The van der Waals surface area contributed by atoms with Gasteiger partial charge in [0, 0.05) is 18.0 Å². The molecule has 130 valence electrons. The number of carbonyl (C=O) groups is 2. The number of nitrogens with one attached hydrogen (secondary N) is 1. The number of hydrogen-bond donors (Lipinski definition) is 2. The quantitative estimate of drug-likeness (QED) is 0.831. The van der Waals surface area contributed by atoms with E-state index in [0.717, 1.165) is 17.5 Å². The number of rotatable bonds is 6. The van der Waals surface area contributed by atoms with E-state index >= 15 is 0 Å². The molecule has 1 amide bonds. The number of halogens is 1. The van der Waals surface area contributed by atoms with Crippen LogP contribution in [0, 0.1) is 5.92 Å². The lowest BCUT2D eigenvalue weighted by Crippen LogP contribution is -2.34. The van der Waals surface area contributed by atoms with Crippen molar-refractivity contribution in [1.82, 2.24) is 5.32 Å². The summed E-state index contributed by atoms with van der Waals surface area (Å²) < 4.78 is 5.52. The Bertz CT molecular complexity index is 789. The van der Waals surface area contributed by atoms with Gasteiger partial charge in [0.05, 0.1) is 18.1 Å². The minimum atomic E-state index is -0.954. The van der Waals surface area contributed by atoms with Crippen LogP contribution in [-0.2, 0) is 17.6 Å². The maximum Gasteiger partial charge on any atom is 0.308 e. The van der Waals surface area contributed by atoms with Gasteiger partial charge in [0.15, 0.2) is 0 Å². The average molecular weight is 360 g/mol. The highest BCUT2D eigenvalue weighted by Gasteiger charge is 2.23. The largest absolute Gasteiger partial charge is 0.492 e. The zero-order chi connectivity index (χ0) is 17.8. The highest BCUT2D eigenvalue weighted by molar-refractivity contribution is 6.30. The van der Waals surface area contributed by atoms with Crippen molar-refractivity contribution in [3.8, 4) is 5.75 Å². The molecule has 0 saturated heterocycles. The number of hydrogen-bond acceptors (Lipinski definition) is 3. The number of carboxylic acids is 1. The van der Waals surface area contributed by atoms with Gasteiger partial charge in [-0.3, -0.25) is 9.59 Å². The molecule has 1 heterocycles. The Labute approximate surface area is 150 Å². The van der Waals surface area contributed by atoms with Crippen LogP contribution in [-0.4, -0.2) is 30.1 Å². The van der Waals surface area contributed by atoms with E-state index in [2.05, 4.69) is 5.32 Å². The molecule has 3 rings (SSSR count). The normalized spacial score (nSPS) is 13.6. The predicted molar refractivity (Wildman–Crippen MR) is 94.3 cm³/mol. The number of carboxylic acid groups (broad SMARTS) is 1. The molecule has 0 spiro atoms. The Kier molecular flexibility index (Phi) is 5.24. The second-order valence-electron chi connectivity index (χ2n) is 5.97. The molecule has 1 atom stereocenters. The number of para-hydroxylation sites is 1. The Morgan fingerprint density at radius 2 is 1.96 bits per heavy atom. The van der Waals surface area contributed by atoms with Crippen LogP contribution >= 0.6 is 11.6 Å². The van der Waals surface area contributed by atoms with Crippen LogP contribution in [0.1, 0.15) is 21.5 Å². The summed E-state index contributed by atoms with van der Waals surface area (Å²) >= 11 is 5.84. The number of amides is 1. The number of fused-ring (bicyclic) bond motifs is 1. The van der Waals surface area contributed by atoms with E-state index in [1.54, 1.807) is 30.3 Å². The molecule has 0 aliphatic carbocycles. The lowest BCUT2D eigenvalue weighted by Gasteiger charge is -2.14. The molecule has 2 aromatic rings. The van der Waals surface area contributed by atoms with E-state index in [0.29, 0.717) is 29.4 Å². The van der Waals surface area contributed by atoms with E-state index in [1.165, 1.54) is 0 Å². The monoisotopic (exact) mass is 359 g/mol. The fraction of sp³-hybridized carbons (Fsp3) is 0.263. The van der Waals surface area contributed by atoms with Crippen molar-refractivity contribution in [3.63, 3.8) is 0 Å². The van der Waals surface area contributed by atoms with Crippen LogP contribution < -0.4 is 10.1 Å². The molecule has 1 aliphatic heterocycles. The molecule has 2 aromatic carbocycles. The summed E-state index contributed by atoms with van der Waals surface area (Å²) in [5.41, 5.74) is 2.31. The summed E-state index contributed by atoms with van der Waals surface area (Å²) in [4.78, 5) is 23.9. The second kappa shape index (κ2) is 7.57. The van der Waals surface area contributed by atoms with Crippen LogP contribution in [0.25, 0.3) is 0 Å². The first kappa shape index (κ1) is 17.3. The first-order valence-electron chi connectivity index (χ1n) is 8.04. The van der Waals surface area contributed by atoms with Gasteiger partial charge < -0.3 is 15.2 Å². The molecule has 0 bridgehead atoms. The molecule has 1 unspecified atom stereocenters. The third-order valence-electron chi connectivity index (χ3n) is 4.21. The third-order valence-corrected chi connectivity index (χ3v) is 4.46.